The number of nitrogens with one attached hydrogen (secondary N) is 1. The number of H-pyrrole nitrogens is 1. The Morgan fingerprint density at radius 1 is 1.21 bits per heavy atom. The summed E-state index contributed by atoms with van der Waals surface area (Å²) < 4.78 is 0. The highest BCUT2D eigenvalue weighted by atomic mass is 16.6. The number of hydrogen-bond donors (Lipinski definition) is 2. The van der Waals surface area contributed by atoms with Crippen LogP contribution in [0.5, 0.6) is 5.75 Å². The summed E-state index contributed by atoms with van der Waals surface area (Å²) in [6.07, 6.45) is 0. The predicted molar refractivity (Wildman–Crippen MR) is 69.8 cm³/mol. The zero-order chi connectivity index (χ0) is 13.4. The predicted octanol–water partition coefficient (Wildman–Crippen LogP) is 2.84. The fraction of sp³-hybridized carbons (Fsp3) is 0. The number of nitro benzene ring substituents is 1. The minimum absolute atomic E-state index is 0.0000152. The van der Waals surface area contributed by atoms with Crippen LogP contribution in [-0.4, -0.2) is 20.0 Å². The Balaban J connectivity index is 2.17. The number of rotatable bonds is 2. The summed E-state index contributed by atoms with van der Waals surface area (Å²) in [7, 11) is 0. The first kappa shape index (κ1) is 11.2. The second-order valence-electron chi connectivity index (χ2n) is 4.06. The lowest BCUT2D eigenvalue weighted by molar-refractivity contribution is -0.384. The van der Waals surface area contributed by atoms with Crippen LogP contribution in [0, 0.1) is 10.1 Å². The van der Waals surface area contributed by atoms with E-state index in [-0.39, 0.29) is 11.4 Å². The normalized spacial score (nSPS) is 10.7. The van der Waals surface area contributed by atoms with Gasteiger partial charge < -0.3 is 10.1 Å². The Labute approximate surface area is 107 Å². The van der Waals surface area contributed by atoms with Gasteiger partial charge in [0.05, 0.1) is 21.5 Å². The Morgan fingerprint density at radius 3 is 2.74 bits per heavy atom. The molecule has 2 aromatic carbocycles. The summed E-state index contributed by atoms with van der Waals surface area (Å²) in [4.78, 5) is 17.5. The average molecular weight is 255 g/mol. The number of aromatic nitrogens is 2. The Hall–Kier alpha value is -2.89. The maximum absolute atomic E-state index is 10.7. The van der Waals surface area contributed by atoms with Crippen molar-refractivity contribution in [1.29, 1.82) is 0 Å². The van der Waals surface area contributed by atoms with Crippen LogP contribution >= 0.6 is 0 Å². The van der Waals surface area contributed by atoms with Gasteiger partial charge in [0.2, 0.25) is 0 Å². The van der Waals surface area contributed by atoms with Crippen LogP contribution in [0.25, 0.3) is 22.4 Å². The van der Waals surface area contributed by atoms with Crippen LogP contribution in [-0.2, 0) is 0 Å². The molecule has 0 amide bonds. The molecule has 0 aliphatic carbocycles. The molecule has 94 valence electrons. The molecule has 0 saturated heterocycles. The zero-order valence-electron chi connectivity index (χ0n) is 9.70. The molecule has 1 aromatic heterocycles. The van der Waals surface area contributed by atoms with Crippen LogP contribution in [0.2, 0.25) is 0 Å². The topological polar surface area (TPSA) is 92.1 Å². The molecule has 3 aromatic rings. The third kappa shape index (κ3) is 1.89. The molecule has 0 radical (unpaired) electrons. The molecule has 3 rings (SSSR count). The van der Waals surface area contributed by atoms with Gasteiger partial charge in [0.25, 0.3) is 5.69 Å². The summed E-state index contributed by atoms with van der Waals surface area (Å²) in [5, 5.41) is 20.5. The number of benzene rings is 2. The first-order chi connectivity index (χ1) is 9.15. The molecule has 1 heterocycles. The van der Waals surface area contributed by atoms with E-state index in [4.69, 9.17) is 0 Å². The van der Waals surface area contributed by atoms with Crippen molar-refractivity contribution in [3.8, 4) is 17.1 Å². The van der Waals surface area contributed by atoms with E-state index in [2.05, 4.69) is 9.97 Å². The molecule has 0 atom stereocenters. The van der Waals surface area contributed by atoms with Crippen LogP contribution in [0.1, 0.15) is 0 Å². The molecule has 0 saturated carbocycles. The number of para-hydroxylation sites is 1. The van der Waals surface area contributed by atoms with Gasteiger partial charge >= 0.3 is 0 Å². The summed E-state index contributed by atoms with van der Waals surface area (Å²) >= 11 is 0. The second-order valence-corrected chi connectivity index (χ2v) is 4.06. The highest BCUT2D eigenvalue weighted by Gasteiger charge is 2.12. The number of imidazole rings is 1. The van der Waals surface area contributed by atoms with Gasteiger partial charge in [-0.15, -0.1) is 0 Å². The van der Waals surface area contributed by atoms with Crippen LogP contribution in [0.4, 0.5) is 5.69 Å². The van der Waals surface area contributed by atoms with Crippen molar-refractivity contribution in [1.82, 2.24) is 9.97 Å². The standard InChI is InChI=1S/C13H9N3O3/c17-12-4-2-1-3-9(12)13-14-10-6-5-8(16(18)19)7-11(10)15-13/h1-7,17H,(H,14,15). The minimum Gasteiger partial charge on any atom is -0.507 e. The van der Waals surface area contributed by atoms with E-state index >= 15 is 0 Å². The SMILES string of the molecule is O=[N+]([O-])c1ccc2nc(-c3ccccc3O)[nH]c2c1. The Bertz CT molecular complexity index is 780. The molecular weight excluding hydrogens is 246 g/mol. The fourth-order valence-electron chi connectivity index (χ4n) is 1.91. The van der Waals surface area contributed by atoms with Crippen molar-refractivity contribution in [2.75, 3.05) is 0 Å². The number of nitro groups is 1. The number of phenolic OH excluding ortho intramolecular Hbond substituents is 1. The van der Waals surface area contributed by atoms with E-state index in [9.17, 15) is 15.2 Å². The summed E-state index contributed by atoms with van der Waals surface area (Å²) in [5.74, 6) is 0.588. The lowest BCUT2D eigenvalue weighted by Crippen LogP contribution is -1.86. The highest BCUT2D eigenvalue weighted by molar-refractivity contribution is 5.82. The molecule has 6 nitrogen and oxygen atoms in total. The zero-order valence-corrected chi connectivity index (χ0v) is 9.70. The van der Waals surface area contributed by atoms with E-state index in [1.54, 1.807) is 30.3 Å². The van der Waals surface area contributed by atoms with E-state index in [0.717, 1.165) is 0 Å². The molecule has 0 aliphatic rings. The molecule has 19 heavy (non-hydrogen) atoms. The molecule has 0 aliphatic heterocycles. The lowest BCUT2D eigenvalue weighted by atomic mass is 10.2. The van der Waals surface area contributed by atoms with Crippen molar-refractivity contribution >= 4 is 16.7 Å². The van der Waals surface area contributed by atoms with E-state index < -0.39 is 4.92 Å². The number of non-ortho nitro benzene ring substituents is 1. The van der Waals surface area contributed by atoms with Crippen LogP contribution in [0.3, 0.4) is 0 Å². The molecule has 6 heteroatoms. The molecule has 2 N–H and O–H groups in total. The van der Waals surface area contributed by atoms with Crippen LogP contribution < -0.4 is 0 Å². The first-order valence-corrected chi connectivity index (χ1v) is 5.57. The van der Waals surface area contributed by atoms with Gasteiger partial charge in [-0.25, -0.2) is 4.98 Å². The number of fused-ring (bicyclic) bond motifs is 1. The monoisotopic (exact) mass is 255 g/mol. The average Bonchev–Trinajstić information content (AvgIpc) is 2.81. The molecule has 0 spiro atoms. The van der Waals surface area contributed by atoms with Crippen molar-refractivity contribution in [2.45, 2.75) is 0 Å². The van der Waals surface area contributed by atoms with Gasteiger partial charge in [0, 0.05) is 12.1 Å². The van der Waals surface area contributed by atoms with E-state index in [1.807, 2.05) is 0 Å². The lowest BCUT2D eigenvalue weighted by Gasteiger charge is -1.98. The van der Waals surface area contributed by atoms with Crippen molar-refractivity contribution in [2.24, 2.45) is 0 Å². The van der Waals surface area contributed by atoms with E-state index in [1.165, 1.54) is 12.1 Å². The summed E-state index contributed by atoms with van der Waals surface area (Å²) in [6.45, 7) is 0. The molecule has 0 bridgehead atoms. The van der Waals surface area contributed by atoms with Crippen molar-refractivity contribution < 1.29 is 10.0 Å². The fourth-order valence-corrected chi connectivity index (χ4v) is 1.91. The largest absolute Gasteiger partial charge is 0.507 e. The van der Waals surface area contributed by atoms with Gasteiger partial charge in [-0.2, -0.15) is 0 Å². The second kappa shape index (κ2) is 4.09. The number of phenols is 1. The summed E-state index contributed by atoms with van der Waals surface area (Å²) in [5.41, 5.74) is 1.73. The Kier molecular flexibility index (Phi) is 2.42. The third-order valence-electron chi connectivity index (χ3n) is 2.84. The van der Waals surface area contributed by atoms with Gasteiger partial charge in [0.1, 0.15) is 11.6 Å². The van der Waals surface area contributed by atoms with Gasteiger partial charge in [-0.3, -0.25) is 10.1 Å². The summed E-state index contributed by atoms with van der Waals surface area (Å²) in [6, 6.07) is 11.2. The van der Waals surface area contributed by atoms with Crippen LogP contribution in [0.15, 0.2) is 42.5 Å². The smallest absolute Gasteiger partial charge is 0.271 e. The maximum Gasteiger partial charge on any atom is 0.271 e. The van der Waals surface area contributed by atoms with Gasteiger partial charge in [0.15, 0.2) is 0 Å². The maximum atomic E-state index is 10.7. The molecular formula is C13H9N3O3. The number of aromatic amines is 1. The van der Waals surface area contributed by atoms with Gasteiger partial charge in [-0.05, 0) is 18.2 Å². The minimum atomic E-state index is -0.458. The third-order valence-corrected chi connectivity index (χ3v) is 2.84. The molecule has 0 unspecified atom stereocenters. The first-order valence-electron chi connectivity index (χ1n) is 5.57. The molecule has 0 fully saturated rings. The number of aromatic hydroxyl groups is 1. The quantitative estimate of drug-likeness (QED) is 0.544. The van der Waals surface area contributed by atoms with Crippen molar-refractivity contribution in [3.63, 3.8) is 0 Å². The highest BCUT2D eigenvalue weighted by Crippen LogP contribution is 2.29. The Morgan fingerprint density at radius 2 is 2.00 bits per heavy atom. The number of hydrogen-bond acceptors (Lipinski definition) is 4. The number of nitrogens with zero attached hydrogens (tertiary/aromatic N) is 2. The van der Waals surface area contributed by atoms with Gasteiger partial charge in [-0.1, -0.05) is 12.1 Å². The van der Waals surface area contributed by atoms with E-state index in [0.29, 0.717) is 22.4 Å². The van der Waals surface area contributed by atoms with Crippen molar-refractivity contribution in [3.05, 3.63) is 52.6 Å².